The number of benzene rings is 3. The Balaban J connectivity index is 1.71. The van der Waals surface area contributed by atoms with Gasteiger partial charge in [0, 0.05) is 12.0 Å². The number of unbranched alkanes of at least 4 members (excludes halogenated alkanes) is 1. The predicted octanol–water partition coefficient (Wildman–Crippen LogP) is 5.77. The number of nitrogens with zero attached hydrogens (tertiary/aromatic N) is 3. The number of hydrogen-bond donors (Lipinski definition) is 0. The maximum absolute atomic E-state index is 13.7. The van der Waals surface area contributed by atoms with E-state index in [1.807, 2.05) is 78.9 Å². The SMILES string of the molecule is CCCCc1nc(OC)n(Cc2ccccc2)c(=O)c1Cc1ccc(-c2ccccc2C#N)cc1. The predicted molar refractivity (Wildman–Crippen MR) is 139 cm³/mol. The Morgan fingerprint density at radius 3 is 2.34 bits per heavy atom. The van der Waals surface area contributed by atoms with E-state index in [0.29, 0.717) is 30.1 Å². The molecule has 4 rings (SSSR count). The Morgan fingerprint density at radius 1 is 0.943 bits per heavy atom. The summed E-state index contributed by atoms with van der Waals surface area (Å²) in [6, 6.07) is 28.1. The molecule has 0 spiro atoms. The fourth-order valence-electron chi connectivity index (χ4n) is 4.25. The number of methoxy groups -OCH3 is 1. The van der Waals surface area contributed by atoms with E-state index in [1.54, 1.807) is 11.7 Å². The summed E-state index contributed by atoms with van der Waals surface area (Å²) in [5, 5.41) is 9.43. The maximum atomic E-state index is 13.7. The smallest absolute Gasteiger partial charge is 0.299 e. The summed E-state index contributed by atoms with van der Waals surface area (Å²) in [4.78, 5) is 18.5. The minimum absolute atomic E-state index is 0.0642. The Bertz CT molecular complexity index is 1380. The van der Waals surface area contributed by atoms with Crippen LogP contribution in [0.1, 0.15) is 47.7 Å². The monoisotopic (exact) mass is 463 g/mol. The molecule has 0 amide bonds. The third kappa shape index (κ3) is 5.50. The van der Waals surface area contributed by atoms with Crippen molar-refractivity contribution in [1.82, 2.24) is 9.55 Å². The Hall–Kier alpha value is -4.17. The highest BCUT2D eigenvalue weighted by atomic mass is 16.5. The zero-order valence-electron chi connectivity index (χ0n) is 20.2. The summed E-state index contributed by atoms with van der Waals surface area (Å²) in [6.45, 7) is 2.53. The molecule has 5 nitrogen and oxygen atoms in total. The van der Waals surface area contributed by atoms with Gasteiger partial charge in [0.1, 0.15) is 0 Å². The molecule has 0 aliphatic carbocycles. The molecule has 0 unspecified atom stereocenters. The lowest BCUT2D eigenvalue weighted by atomic mass is 9.97. The second-order valence-electron chi connectivity index (χ2n) is 8.54. The van der Waals surface area contributed by atoms with Crippen LogP contribution >= 0.6 is 0 Å². The molecule has 4 aromatic rings. The molecule has 1 aromatic heterocycles. The number of aromatic nitrogens is 2. The molecule has 0 atom stereocenters. The van der Waals surface area contributed by atoms with Crippen LogP contribution in [0, 0.1) is 11.3 Å². The number of aryl methyl sites for hydroxylation is 1. The van der Waals surface area contributed by atoms with Gasteiger partial charge >= 0.3 is 0 Å². The molecule has 0 fully saturated rings. The van der Waals surface area contributed by atoms with Gasteiger partial charge in [0.15, 0.2) is 0 Å². The second-order valence-corrected chi connectivity index (χ2v) is 8.54. The molecule has 0 radical (unpaired) electrons. The van der Waals surface area contributed by atoms with E-state index in [4.69, 9.17) is 9.72 Å². The lowest BCUT2D eigenvalue weighted by molar-refractivity contribution is 0.348. The van der Waals surface area contributed by atoms with Crippen LogP contribution in [0.3, 0.4) is 0 Å². The number of nitriles is 1. The van der Waals surface area contributed by atoms with Gasteiger partial charge in [-0.1, -0.05) is 86.1 Å². The summed E-state index contributed by atoms with van der Waals surface area (Å²) >= 11 is 0. The summed E-state index contributed by atoms with van der Waals surface area (Å²) in [7, 11) is 1.56. The fourth-order valence-corrected chi connectivity index (χ4v) is 4.25. The van der Waals surface area contributed by atoms with Crippen molar-refractivity contribution in [1.29, 1.82) is 5.26 Å². The van der Waals surface area contributed by atoms with E-state index < -0.39 is 0 Å². The Kier molecular flexibility index (Phi) is 7.74. The highest BCUT2D eigenvalue weighted by Crippen LogP contribution is 2.24. The summed E-state index contributed by atoms with van der Waals surface area (Å²) in [5.74, 6) is 0. The third-order valence-electron chi connectivity index (χ3n) is 6.14. The van der Waals surface area contributed by atoms with Crippen molar-refractivity contribution < 1.29 is 4.74 Å². The van der Waals surface area contributed by atoms with Crippen molar-refractivity contribution in [2.45, 2.75) is 39.2 Å². The molecular formula is C30H29N3O2. The second kappa shape index (κ2) is 11.3. The standard InChI is InChI=1S/C30H29N3O2/c1-3-4-14-28-27(29(34)33(30(32-28)35-2)21-23-10-6-5-7-11-23)19-22-15-17-24(18-16-22)26-13-9-8-12-25(26)20-31/h5-13,15-18H,3-4,14,19,21H2,1-2H3. The van der Waals surface area contributed by atoms with Crippen molar-refractivity contribution in [3.63, 3.8) is 0 Å². The maximum Gasteiger partial charge on any atom is 0.299 e. The molecule has 0 saturated heterocycles. The highest BCUT2D eigenvalue weighted by Gasteiger charge is 2.18. The number of ether oxygens (including phenoxy) is 1. The zero-order chi connectivity index (χ0) is 24.6. The quantitative estimate of drug-likeness (QED) is 0.316. The van der Waals surface area contributed by atoms with Crippen molar-refractivity contribution in [3.05, 3.63) is 117 Å². The molecule has 3 aromatic carbocycles. The van der Waals surface area contributed by atoms with Gasteiger partial charge < -0.3 is 4.74 Å². The highest BCUT2D eigenvalue weighted by molar-refractivity contribution is 5.70. The average Bonchev–Trinajstić information content (AvgIpc) is 2.91. The third-order valence-corrected chi connectivity index (χ3v) is 6.14. The topological polar surface area (TPSA) is 67.9 Å². The van der Waals surface area contributed by atoms with Crippen molar-refractivity contribution in [3.8, 4) is 23.2 Å². The minimum atomic E-state index is -0.0642. The van der Waals surface area contributed by atoms with Gasteiger partial charge in [-0.2, -0.15) is 5.26 Å². The van der Waals surface area contributed by atoms with Crippen LogP contribution < -0.4 is 10.3 Å². The van der Waals surface area contributed by atoms with Crippen molar-refractivity contribution in [2.75, 3.05) is 7.11 Å². The molecule has 0 bridgehead atoms. The first kappa shape index (κ1) is 24.0. The minimum Gasteiger partial charge on any atom is -0.468 e. The summed E-state index contributed by atoms with van der Waals surface area (Å²) in [6.07, 6.45) is 3.19. The Labute approximate surface area is 206 Å². The van der Waals surface area contributed by atoms with Crippen LogP contribution in [0.15, 0.2) is 83.7 Å². The molecule has 176 valence electrons. The van der Waals surface area contributed by atoms with Crippen LogP contribution in [0.25, 0.3) is 11.1 Å². The number of rotatable bonds is 9. The fraction of sp³-hybridized carbons (Fsp3) is 0.233. The molecule has 0 aliphatic rings. The molecular weight excluding hydrogens is 434 g/mol. The Morgan fingerprint density at radius 2 is 1.66 bits per heavy atom. The van der Waals surface area contributed by atoms with Crippen molar-refractivity contribution >= 4 is 0 Å². The summed E-state index contributed by atoms with van der Waals surface area (Å²) in [5.41, 5.74) is 6.01. The van der Waals surface area contributed by atoms with Gasteiger partial charge in [-0.25, -0.2) is 4.98 Å². The van der Waals surface area contributed by atoms with Gasteiger partial charge in [-0.3, -0.25) is 9.36 Å². The molecule has 0 N–H and O–H groups in total. The zero-order valence-corrected chi connectivity index (χ0v) is 20.2. The van der Waals surface area contributed by atoms with Gasteiger partial charge in [0.05, 0.1) is 31.0 Å². The van der Waals surface area contributed by atoms with Crippen LogP contribution in [0.4, 0.5) is 0 Å². The van der Waals surface area contributed by atoms with E-state index in [9.17, 15) is 10.1 Å². The van der Waals surface area contributed by atoms with E-state index >= 15 is 0 Å². The van der Waals surface area contributed by atoms with Crippen LogP contribution in [0.5, 0.6) is 6.01 Å². The van der Waals surface area contributed by atoms with E-state index in [1.165, 1.54) is 0 Å². The lowest BCUT2D eigenvalue weighted by Gasteiger charge is -2.16. The molecule has 1 heterocycles. The van der Waals surface area contributed by atoms with Crippen molar-refractivity contribution in [2.24, 2.45) is 0 Å². The van der Waals surface area contributed by atoms with E-state index in [-0.39, 0.29) is 5.56 Å². The van der Waals surface area contributed by atoms with Crippen LogP contribution in [0.2, 0.25) is 0 Å². The molecule has 0 saturated carbocycles. The van der Waals surface area contributed by atoms with Gasteiger partial charge in [0.2, 0.25) is 0 Å². The molecule has 35 heavy (non-hydrogen) atoms. The molecule has 5 heteroatoms. The summed E-state index contributed by atoms with van der Waals surface area (Å²) < 4.78 is 7.16. The average molecular weight is 464 g/mol. The first-order valence-corrected chi connectivity index (χ1v) is 11.9. The normalized spacial score (nSPS) is 10.7. The van der Waals surface area contributed by atoms with Gasteiger partial charge in [0.25, 0.3) is 11.6 Å². The molecule has 0 aliphatic heterocycles. The van der Waals surface area contributed by atoms with E-state index in [0.717, 1.165) is 47.2 Å². The van der Waals surface area contributed by atoms with Gasteiger partial charge in [-0.15, -0.1) is 0 Å². The van der Waals surface area contributed by atoms with Crippen LogP contribution in [-0.4, -0.2) is 16.7 Å². The van der Waals surface area contributed by atoms with Crippen LogP contribution in [-0.2, 0) is 19.4 Å². The largest absolute Gasteiger partial charge is 0.468 e. The first-order chi connectivity index (χ1) is 17.1. The van der Waals surface area contributed by atoms with Gasteiger partial charge in [-0.05, 0) is 41.2 Å². The number of hydrogen-bond acceptors (Lipinski definition) is 4. The first-order valence-electron chi connectivity index (χ1n) is 11.9. The lowest BCUT2D eigenvalue weighted by Crippen LogP contribution is -2.29. The van der Waals surface area contributed by atoms with E-state index in [2.05, 4.69) is 13.0 Å².